The summed E-state index contributed by atoms with van der Waals surface area (Å²) in [6.45, 7) is 0. The van der Waals surface area contributed by atoms with Gasteiger partial charge in [-0.3, -0.25) is 10.1 Å². The molecule has 0 saturated heterocycles. The van der Waals surface area contributed by atoms with E-state index in [9.17, 15) is 4.79 Å². The van der Waals surface area contributed by atoms with Crippen molar-refractivity contribution in [1.82, 2.24) is 15.0 Å². The van der Waals surface area contributed by atoms with E-state index in [-0.39, 0.29) is 23.8 Å². The van der Waals surface area contributed by atoms with Crippen molar-refractivity contribution in [2.45, 2.75) is 0 Å². The second-order valence-corrected chi connectivity index (χ2v) is 3.20. The maximum absolute atomic E-state index is 11.7. The fraction of sp³-hybridized carbons (Fsp3) is 0. The Morgan fingerprint density at radius 3 is 2.18 bits per heavy atom. The second kappa shape index (κ2) is 4.44. The van der Waals surface area contributed by atoms with Gasteiger partial charge in [0.2, 0.25) is 17.8 Å². The van der Waals surface area contributed by atoms with Crippen molar-refractivity contribution in [2.24, 2.45) is 0 Å². The smallest absolute Gasteiger partial charge is 0.258 e. The van der Waals surface area contributed by atoms with Gasteiger partial charge in [0, 0.05) is 5.56 Å². The van der Waals surface area contributed by atoms with Gasteiger partial charge in [-0.05, 0) is 12.1 Å². The van der Waals surface area contributed by atoms with E-state index in [0.717, 1.165) is 0 Å². The number of anilines is 3. The minimum Gasteiger partial charge on any atom is -0.368 e. The number of carbonyl (C=O) groups is 1. The van der Waals surface area contributed by atoms with Gasteiger partial charge in [-0.1, -0.05) is 18.2 Å². The zero-order valence-corrected chi connectivity index (χ0v) is 8.79. The van der Waals surface area contributed by atoms with Gasteiger partial charge in [-0.25, -0.2) is 0 Å². The van der Waals surface area contributed by atoms with Gasteiger partial charge in [0.25, 0.3) is 5.91 Å². The van der Waals surface area contributed by atoms with E-state index in [1.165, 1.54) is 0 Å². The van der Waals surface area contributed by atoms with Crippen LogP contribution in [0.25, 0.3) is 0 Å². The summed E-state index contributed by atoms with van der Waals surface area (Å²) in [4.78, 5) is 22.8. The van der Waals surface area contributed by atoms with Gasteiger partial charge >= 0.3 is 0 Å². The number of aromatic nitrogens is 3. The Hall–Kier alpha value is -2.70. The molecule has 1 aromatic heterocycles. The number of carbonyl (C=O) groups excluding carboxylic acids is 1. The lowest BCUT2D eigenvalue weighted by atomic mass is 10.2. The number of nitrogen functional groups attached to an aromatic ring is 2. The average molecular weight is 230 g/mol. The van der Waals surface area contributed by atoms with Crippen molar-refractivity contribution in [2.75, 3.05) is 16.8 Å². The van der Waals surface area contributed by atoms with Crippen LogP contribution in [-0.2, 0) is 0 Å². The lowest BCUT2D eigenvalue weighted by molar-refractivity contribution is 0.102. The Bertz CT molecular complexity index is 521. The lowest BCUT2D eigenvalue weighted by Gasteiger charge is -2.04. The minimum atomic E-state index is -0.337. The van der Waals surface area contributed by atoms with Crippen LogP contribution < -0.4 is 16.8 Å². The molecule has 1 amide bonds. The number of nitrogens with one attached hydrogen (secondary N) is 1. The maximum atomic E-state index is 11.7. The molecule has 0 aliphatic rings. The predicted octanol–water partition coefficient (Wildman–Crippen LogP) is 0.288. The summed E-state index contributed by atoms with van der Waals surface area (Å²) in [7, 11) is 0. The van der Waals surface area contributed by atoms with Gasteiger partial charge in [-0.2, -0.15) is 15.0 Å². The van der Waals surface area contributed by atoms with Crippen molar-refractivity contribution in [3.63, 3.8) is 0 Å². The zero-order chi connectivity index (χ0) is 12.3. The van der Waals surface area contributed by atoms with Crippen LogP contribution >= 0.6 is 0 Å². The van der Waals surface area contributed by atoms with Gasteiger partial charge in [0.05, 0.1) is 0 Å². The average Bonchev–Trinajstić information content (AvgIpc) is 2.28. The minimum absolute atomic E-state index is 0.0313. The number of hydrogen-bond acceptors (Lipinski definition) is 6. The van der Waals surface area contributed by atoms with Gasteiger partial charge in [-0.15, -0.1) is 0 Å². The van der Waals surface area contributed by atoms with E-state index in [1.807, 2.05) is 6.07 Å². The van der Waals surface area contributed by atoms with Crippen LogP contribution in [0.5, 0.6) is 0 Å². The van der Waals surface area contributed by atoms with E-state index in [2.05, 4.69) is 20.3 Å². The summed E-state index contributed by atoms with van der Waals surface area (Å²) in [6, 6.07) is 8.66. The molecule has 0 spiro atoms. The number of nitrogens with zero attached hydrogens (tertiary/aromatic N) is 3. The standard InChI is InChI=1S/C10H10N6O/c11-8-14-9(12)16-10(15-8)13-7(17)6-4-2-1-3-5-6/h1-5H,(H5,11,12,13,14,15,16,17). The SMILES string of the molecule is Nc1nc(N)nc(NC(=O)c2ccccc2)n1. The van der Waals surface area contributed by atoms with Crippen molar-refractivity contribution in [3.8, 4) is 0 Å². The molecule has 86 valence electrons. The summed E-state index contributed by atoms with van der Waals surface area (Å²) in [5.74, 6) is -0.388. The number of rotatable bonds is 2. The maximum Gasteiger partial charge on any atom is 0.258 e. The Balaban J connectivity index is 2.19. The molecule has 2 aromatic rings. The fourth-order valence-electron chi connectivity index (χ4n) is 1.23. The number of hydrogen-bond donors (Lipinski definition) is 3. The van der Waals surface area contributed by atoms with Crippen LogP contribution in [0.15, 0.2) is 30.3 Å². The number of benzene rings is 1. The summed E-state index contributed by atoms with van der Waals surface area (Å²) in [6.07, 6.45) is 0. The third kappa shape index (κ3) is 2.65. The number of nitrogens with two attached hydrogens (primary N) is 2. The Labute approximate surface area is 96.9 Å². The molecule has 1 aromatic carbocycles. The molecule has 0 saturated carbocycles. The first-order chi connectivity index (χ1) is 8.15. The van der Waals surface area contributed by atoms with Crippen molar-refractivity contribution < 1.29 is 4.79 Å². The number of amides is 1. The van der Waals surface area contributed by atoms with Crippen LogP contribution in [0.1, 0.15) is 10.4 Å². The van der Waals surface area contributed by atoms with E-state index in [4.69, 9.17) is 11.5 Å². The van der Waals surface area contributed by atoms with Crippen LogP contribution in [0.3, 0.4) is 0 Å². The van der Waals surface area contributed by atoms with Gasteiger partial charge in [0.1, 0.15) is 0 Å². The highest BCUT2D eigenvalue weighted by Gasteiger charge is 2.08. The third-order valence-corrected chi connectivity index (χ3v) is 1.93. The van der Waals surface area contributed by atoms with Crippen molar-refractivity contribution >= 4 is 23.8 Å². The van der Waals surface area contributed by atoms with Crippen LogP contribution in [0.4, 0.5) is 17.8 Å². The molecule has 5 N–H and O–H groups in total. The van der Waals surface area contributed by atoms with Crippen LogP contribution in [0.2, 0.25) is 0 Å². The van der Waals surface area contributed by atoms with Gasteiger partial charge in [0.15, 0.2) is 0 Å². The molecule has 2 rings (SSSR count). The largest absolute Gasteiger partial charge is 0.368 e. The van der Waals surface area contributed by atoms with Crippen molar-refractivity contribution in [3.05, 3.63) is 35.9 Å². The van der Waals surface area contributed by atoms with Crippen LogP contribution in [-0.4, -0.2) is 20.9 Å². The zero-order valence-electron chi connectivity index (χ0n) is 8.79. The summed E-state index contributed by atoms with van der Waals surface area (Å²) >= 11 is 0. The molecular weight excluding hydrogens is 220 g/mol. The molecular formula is C10H10N6O. The topological polar surface area (TPSA) is 120 Å². The first-order valence-corrected chi connectivity index (χ1v) is 4.78. The molecule has 0 atom stereocenters. The monoisotopic (exact) mass is 230 g/mol. The molecule has 0 unspecified atom stereocenters. The third-order valence-electron chi connectivity index (χ3n) is 1.93. The quantitative estimate of drug-likeness (QED) is 0.681. The Kier molecular flexibility index (Phi) is 2.82. The fourth-order valence-corrected chi connectivity index (χ4v) is 1.23. The first-order valence-electron chi connectivity index (χ1n) is 4.78. The predicted molar refractivity (Wildman–Crippen MR) is 63.0 cm³/mol. The molecule has 0 aliphatic carbocycles. The Morgan fingerprint density at radius 1 is 1.00 bits per heavy atom. The molecule has 7 heteroatoms. The molecule has 0 aliphatic heterocycles. The summed E-state index contributed by atoms with van der Waals surface area (Å²) < 4.78 is 0. The van der Waals surface area contributed by atoms with E-state index in [0.29, 0.717) is 5.56 Å². The molecule has 17 heavy (non-hydrogen) atoms. The van der Waals surface area contributed by atoms with Crippen LogP contribution in [0, 0.1) is 0 Å². The normalized spacial score (nSPS) is 9.88. The highest BCUT2D eigenvalue weighted by Crippen LogP contribution is 2.06. The highest BCUT2D eigenvalue weighted by molar-refractivity contribution is 6.03. The van der Waals surface area contributed by atoms with Gasteiger partial charge < -0.3 is 11.5 Å². The Morgan fingerprint density at radius 2 is 1.59 bits per heavy atom. The molecule has 7 nitrogen and oxygen atoms in total. The second-order valence-electron chi connectivity index (χ2n) is 3.20. The van der Waals surface area contributed by atoms with E-state index >= 15 is 0 Å². The molecule has 0 radical (unpaired) electrons. The highest BCUT2D eigenvalue weighted by atomic mass is 16.1. The summed E-state index contributed by atoms with van der Waals surface area (Å²) in [5.41, 5.74) is 11.3. The molecule has 0 bridgehead atoms. The van der Waals surface area contributed by atoms with Crippen molar-refractivity contribution in [1.29, 1.82) is 0 Å². The molecule has 1 heterocycles. The van der Waals surface area contributed by atoms with E-state index in [1.54, 1.807) is 24.3 Å². The lowest BCUT2D eigenvalue weighted by Crippen LogP contribution is -2.16. The summed E-state index contributed by atoms with van der Waals surface area (Å²) in [5, 5.41) is 2.48. The first kappa shape index (κ1) is 10.8. The van der Waals surface area contributed by atoms with E-state index < -0.39 is 0 Å². The molecule has 0 fully saturated rings.